The molecule has 0 bridgehead atoms. The summed E-state index contributed by atoms with van der Waals surface area (Å²) < 4.78 is 7.36. The standard InChI is InChI=1S/C14H18N4O2S/c1-9(13-16-17-14(21)18(13)2)15-12(19)8-10-4-6-11(20-3)7-5-10/h4-7,9H,8H2,1-3H3,(H,15,19)(H,17,21)/t9-/m1/s1. The van der Waals surface area contributed by atoms with Crippen molar-refractivity contribution < 1.29 is 9.53 Å². The summed E-state index contributed by atoms with van der Waals surface area (Å²) >= 11 is 5.06. The number of methoxy groups -OCH3 is 1. The van der Waals surface area contributed by atoms with Crippen molar-refractivity contribution in [1.82, 2.24) is 20.1 Å². The third-order valence-corrected chi connectivity index (χ3v) is 3.57. The third kappa shape index (κ3) is 3.69. The Morgan fingerprint density at radius 3 is 2.67 bits per heavy atom. The molecule has 0 aliphatic carbocycles. The van der Waals surface area contributed by atoms with Gasteiger partial charge in [-0.2, -0.15) is 5.10 Å². The van der Waals surface area contributed by atoms with Crippen molar-refractivity contribution in [3.8, 4) is 5.75 Å². The van der Waals surface area contributed by atoms with E-state index in [1.54, 1.807) is 11.7 Å². The van der Waals surface area contributed by atoms with Gasteiger partial charge in [-0.3, -0.25) is 9.89 Å². The van der Waals surface area contributed by atoms with Crippen molar-refractivity contribution in [2.45, 2.75) is 19.4 Å². The molecule has 1 aromatic carbocycles. The molecule has 6 nitrogen and oxygen atoms in total. The molecular weight excluding hydrogens is 288 g/mol. The van der Waals surface area contributed by atoms with Gasteiger partial charge in [0.1, 0.15) is 5.75 Å². The molecule has 2 rings (SSSR count). The van der Waals surface area contributed by atoms with Crippen LogP contribution in [0.25, 0.3) is 0 Å². The van der Waals surface area contributed by atoms with Gasteiger partial charge in [0.2, 0.25) is 5.91 Å². The molecule has 0 fully saturated rings. The number of aromatic nitrogens is 3. The van der Waals surface area contributed by atoms with Crippen LogP contribution in [-0.2, 0) is 18.3 Å². The fraction of sp³-hybridized carbons (Fsp3) is 0.357. The van der Waals surface area contributed by atoms with Crippen LogP contribution in [0.2, 0.25) is 0 Å². The number of hydrogen-bond donors (Lipinski definition) is 2. The highest BCUT2D eigenvalue weighted by atomic mass is 32.1. The van der Waals surface area contributed by atoms with E-state index in [1.165, 1.54) is 0 Å². The molecule has 0 aliphatic rings. The van der Waals surface area contributed by atoms with Crippen LogP contribution in [-0.4, -0.2) is 27.8 Å². The first-order chi connectivity index (χ1) is 10.0. The molecule has 1 heterocycles. The van der Waals surface area contributed by atoms with Gasteiger partial charge in [0.25, 0.3) is 0 Å². The first kappa shape index (κ1) is 15.2. The largest absolute Gasteiger partial charge is 0.497 e. The predicted octanol–water partition coefficient (Wildman–Crippen LogP) is 1.91. The van der Waals surface area contributed by atoms with Crippen molar-refractivity contribution in [1.29, 1.82) is 0 Å². The van der Waals surface area contributed by atoms with Crippen molar-refractivity contribution in [3.05, 3.63) is 40.4 Å². The molecule has 2 aromatic rings. The maximum Gasteiger partial charge on any atom is 0.224 e. The summed E-state index contributed by atoms with van der Waals surface area (Å²) in [6.45, 7) is 1.87. The number of hydrogen-bond acceptors (Lipinski definition) is 4. The molecule has 7 heteroatoms. The molecule has 0 unspecified atom stereocenters. The van der Waals surface area contributed by atoms with E-state index in [-0.39, 0.29) is 11.9 Å². The Hall–Kier alpha value is -2.15. The minimum absolute atomic E-state index is 0.0680. The molecule has 0 saturated heterocycles. The van der Waals surface area contributed by atoms with E-state index in [1.807, 2.05) is 38.2 Å². The van der Waals surface area contributed by atoms with Gasteiger partial charge in [0.15, 0.2) is 10.6 Å². The third-order valence-electron chi connectivity index (χ3n) is 3.20. The number of carbonyl (C=O) groups excluding carboxylic acids is 1. The van der Waals surface area contributed by atoms with E-state index in [2.05, 4.69) is 15.5 Å². The van der Waals surface area contributed by atoms with Gasteiger partial charge in [-0.25, -0.2) is 0 Å². The Balaban J connectivity index is 1.97. The molecule has 21 heavy (non-hydrogen) atoms. The monoisotopic (exact) mass is 306 g/mol. The van der Waals surface area contributed by atoms with Crippen LogP contribution < -0.4 is 10.1 Å². The fourth-order valence-electron chi connectivity index (χ4n) is 2.03. The highest BCUT2D eigenvalue weighted by Gasteiger charge is 2.14. The van der Waals surface area contributed by atoms with Crippen LogP contribution in [0.1, 0.15) is 24.4 Å². The zero-order valence-corrected chi connectivity index (χ0v) is 13.0. The molecule has 1 aromatic heterocycles. The summed E-state index contributed by atoms with van der Waals surface area (Å²) in [5.41, 5.74) is 0.927. The number of benzene rings is 1. The van der Waals surface area contributed by atoms with E-state index >= 15 is 0 Å². The second kappa shape index (κ2) is 6.53. The van der Waals surface area contributed by atoms with Gasteiger partial charge >= 0.3 is 0 Å². The van der Waals surface area contributed by atoms with Crippen molar-refractivity contribution in [3.63, 3.8) is 0 Å². The quantitative estimate of drug-likeness (QED) is 0.828. The molecular formula is C14H18N4O2S. The van der Waals surface area contributed by atoms with Crippen LogP contribution in [0, 0.1) is 4.77 Å². The van der Waals surface area contributed by atoms with E-state index in [9.17, 15) is 4.79 Å². The first-order valence-electron chi connectivity index (χ1n) is 6.55. The predicted molar refractivity (Wildman–Crippen MR) is 81.6 cm³/mol. The summed E-state index contributed by atoms with van der Waals surface area (Å²) in [6.07, 6.45) is 0.309. The Morgan fingerprint density at radius 2 is 2.14 bits per heavy atom. The fourth-order valence-corrected chi connectivity index (χ4v) is 2.17. The summed E-state index contributed by atoms with van der Waals surface area (Å²) in [6, 6.07) is 7.21. The topological polar surface area (TPSA) is 71.9 Å². The highest BCUT2D eigenvalue weighted by molar-refractivity contribution is 7.71. The number of H-pyrrole nitrogens is 1. The van der Waals surface area contributed by atoms with E-state index in [0.29, 0.717) is 17.0 Å². The van der Waals surface area contributed by atoms with Gasteiger partial charge < -0.3 is 14.6 Å². The number of rotatable bonds is 5. The van der Waals surface area contributed by atoms with E-state index in [0.717, 1.165) is 11.3 Å². The van der Waals surface area contributed by atoms with Crippen LogP contribution in [0.5, 0.6) is 5.75 Å². The van der Waals surface area contributed by atoms with Crippen molar-refractivity contribution in [2.75, 3.05) is 7.11 Å². The van der Waals surface area contributed by atoms with Gasteiger partial charge in [-0.05, 0) is 36.8 Å². The van der Waals surface area contributed by atoms with Gasteiger partial charge in [0, 0.05) is 7.05 Å². The molecule has 1 amide bonds. The van der Waals surface area contributed by atoms with Gasteiger partial charge in [0.05, 0.1) is 19.6 Å². The Kier molecular flexibility index (Phi) is 4.74. The number of nitrogens with zero attached hydrogens (tertiary/aromatic N) is 2. The minimum Gasteiger partial charge on any atom is -0.497 e. The molecule has 1 atom stereocenters. The highest BCUT2D eigenvalue weighted by Crippen LogP contribution is 2.13. The van der Waals surface area contributed by atoms with E-state index in [4.69, 9.17) is 17.0 Å². The second-order valence-electron chi connectivity index (χ2n) is 4.76. The van der Waals surface area contributed by atoms with Gasteiger partial charge in [-0.15, -0.1) is 0 Å². The molecule has 0 spiro atoms. The van der Waals surface area contributed by atoms with Gasteiger partial charge in [-0.1, -0.05) is 12.1 Å². The molecule has 2 N–H and O–H groups in total. The number of nitrogens with one attached hydrogen (secondary N) is 2. The lowest BCUT2D eigenvalue weighted by atomic mass is 10.1. The zero-order valence-electron chi connectivity index (χ0n) is 12.2. The Morgan fingerprint density at radius 1 is 1.48 bits per heavy atom. The lowest BCUT2D eigenvalue weighted by Gasteiger charge is -2.13. The van der Waals surface area contributed by atoms with Crippen molar-refractivity contribution in [2.24, 2.45) is 7.05 Å². The molecule has 0 radical (unpaired) electrons. The minimum atomic E-state index is -0.214. The maximum atomic E-state index is 12.1. The number of aromatic amines is 1. The average Bonchev–Trinajstić information content (AvgIpc) is 2.79. The summed E-state index contributed by atoms with van der Waals surface area (Å²) in [5, 5.41) is 9.72. The number of amides is 1. The lowest BCUT2D eigenvalue weighted by Crippen LogP contribution is -2.29. The van der Waals surface area contributed by atoms with Crippen LogP contribution in [0.4, 0.5) is 0 Å². The van der Waals surface area contributed by atoms with Crippen LogP contribution in [0.15, 0.2) is 24.3 Å². The maximum absolute atomic E-state index is 12.1. The summed E-state index contributed by atoms with van der Waals surface area (Å²) in [5.74, 6) is 1.40. The van der Waals surface area contributed by atoms with Crippen LogP contribution >= 0.6 is 12.2 Å². The van der Waals surface area contributed by atoms with E-state index < -0.39 is 0 Å². The van der Waals surface area contributed by atoms with Crippen LogP contribution in [0.3, 0.4) is 0 Å². The SMILES string of the molecule is COc1ccc(CC(=O)N[C@H](C)c2n[nH]c(=S)n2C)cc1. The lowest BCUT2D eigenvalue weighted by molar-refractivity contribution is -0.121. The smallest absolute Gasteiger partial charge is 0.224 e. The second-order valence-corrected chi connectivity index (χ2v) is 5.15. The average molecular weight is 306 g/mol. The Bertz CT molecular complexity index is 675. The molecule has 112 valence electrons. The summed E-state index contributed by atoms with van der Waals surface area (Å²) in [7, 11) is 3.42. The summed E-state index contributed by atoms with van der Waals surface area (Å²) in [4.78, 5) is 12.1. The number of ether oxygens (including phenoxy) is 1. The normalized spacial score (nSPS) is 12.0. The zero-order chi connectivity index (χ0) is 15.4. The molecule has 0 saturated carbocycles. The van der Waals surface area contributed by atoms with Crippen molar-refractivity contribution >= 4 is 18.1 Å². The Labute approximate surface area is 128 Å². The first-order valence-corrected chi connectivity index (χ1v) is 6.95. The number of carbonyl (C=O) groups is 1. The molecule has 0 aliphatic heterocycles.